The average molecular weight is 366 g/mol. The number of hydrogen-bond acceptors (Lipinski definition) is 5. The summed E-state index contributed by atoms with van der Waals surface area (Å²) in [6.45, 7) is 4.06. The zero-order valence-electron chi connectivity index (χ0n) is 12.2. The summed E-state index contributed by atoms with van der Waals surface area (Å²) < 4.78 is 12.2. The van der Waals surface area contributed by atoms with Gasteiger partial charge in [0.2, 0.25) is 17.6 Å². The van der Waals surface area contributed by atoms with Crippen LogP contribution in [0.3, 0.4) is 0 Å². The molecule has 0 saturated carbocycles. The lowest BCUT2D eigenvalue weighted by atomic mass is 10.1. The van der Waals surface area contributed by atoms with Crippen LogP contribution in [0.1, 0.15) is 44.1 Å². The van der Waals surface area contributed by atoms with E-state index in [1.54, 1.807) is 0 Å². The van der Waals surface area contributed by atoms with Crippen molar-refractivity contribution in [1.82, 2.24) is 15.5 Å². The number of ether oxygens (including phenoxy) is 1. The number of nitrogens with zero attached hydrogens (tertiary/aromatic N) is 2. The van der Waals surface area contributed by atoms with Crippen molar-refractivity contribution in [3.63, 3.8) is 0 Å². The summed E-state index contributed by atoms with van der Waals surface area (Å²) in [6.07, 6.45) is 0.0797. The third kappa shape index (κ3) is 3.14. The van der Waals surface area contributed by atoms with Crippen molar-refractivity contribution in [2.45, 2.75) is 32.4 Å². The van der Waals surface area contributed by atoms with Gasteiger partial charge in [-0.2, -0.15) is 4.98 Å². The lowest BCUT2D eigenvalue weighted by Gasteiger charge is -2.23. The Morgan fingerprint density at radius 3 is 2.64 bits per heavy atom. The Balaban J connectivity index is 1.76. The van der Waals surface area contributed by atoms with Crippen LogP contribution < -0.4 is 10.1 Å². The normalized spacial score (nSPS) is 18.7. The van der Waals surface area contributed by atoms with Gasteiger partial charge in [-0.15, -0.1) is 0 Å². The smallest absolute Gasteiger partial charge is 0.249 e. The number of halogens is 1. The van der Waals surface area contributed by atoms with Gasteiger partial charge in [0.05, 0.1) is 6.42 Å². The Hall–Kier alpha value is -1.89. The molecule has 22 heavy (non-hydrogen) atoms. The van der Waals surface area contributed by atoms with E-state index in [0.29, 0.717) is 18.1 Å². The fourth-order valence-electron chi connectivity index (χ4n) is 2.16. The van der Waals surface area contributed by atoms with Crippen LogP contribution in [0.4, 0.5) is 0 Å². The molecule has 6 nitrogen and oxygen atoms in total. The summed E-state index contributed by atoms with van der Waals surface area (Å²) in [7, 11) is 0. The average Bonchev–Trinajstić information content (AvgIpc) is 2.92. The highest BCUT2D eigenvalue weighted by molar-refractivity contribution is 9.10. The minimum Gasteiger partial charge on any atom is -0.482 e. The van der Waals surface area contributed by atoms with Crippen molar-refractivity contribution in [2.24, 2.45) is 5.92 Å². The second-order valence-electron chi connectivity index (χ2n) is 5.55. The minimum absolute atomic E-state index is 0.00345. The van der Waals surface area contributed by atoms with E-state index >= 15 is 0 Å². The fraction of sp³-hybridized carbons (Fsp3) is 0.400. The molecular weight excluding hydrogens is 350 g/mol. The summed E-state index contributed by atoms with van der Waals surface area (Å²) in [5.41, 5.74) is 0. The van der Waals surface area contributed by atoms with E-state index < -0.39 is 0 Å². The number of aromatic nitrogens is 2. The van der Waals surface area contributed by atoms with Gasteiger partial charge in [0.1, 0.15) is 11.8 Å². The van der Waals surface area contributed by atoms with E-state index in [9.17, 15) is 4.79 Å². The molecular formula is C15H16BrN3O3. The number of nitrogens with one attached hydrogen (secondary N) is 1. The van der Waals surface area contributed by atoms with Gasteiger partial charge in [-0.1, -0.05) is 34.9 Å². The first-order valence-corrected chi connectivity index (χ1v) is 7.87. The predicted octanol–water partition coefficient (Wildman–Crippen LogP) is 3.17. The van der Waals surface area contributed by atoms with E-state index in [0.717, 1.165) is 10.2 Å². The quantitative estimate of drug-likeness (QED) is 0.823. The first kappa shape index (κ1) is 15.0. The maximum Gasteiger partial charge on any atom is 0.249 e. The van der Waals surface area contributed by atoms with Crippen LogP contribution in [-0.4, -0.2) is 16.0 Å². The minimum atomic E-state index is -0.311. The van der Waals surface area contributed by atoms with Crippen LogP contribution in [0.5, 0.6) is 5.75 Å². The van der Waals surface area contributed by atoms with Gasteiger partial charge >= 0.3 is 0 Å². The molecule has 1 saturated heterocycles. The SMILES string of the molecule is CC(C)C(Oc1ccc(Br)cc1)c1noc([C@H]2CC(=O)N2)n1. The summed E-state index contributed by atoms with van der Waals surface area (Å²) in [5.74, 6) is 1.83. The molecule has 7 heteroatoms. The van der Waals surface area contributed by atoms with Gasteiger partial charge in [-0.25, -0.2) is 0 Å². The van der Waals surface area contributed by atoms with Gasteiger partial charge in [0.15, 0.2) is 6.10 Å². The van der Waals surface area contributed by atoms with Crippen LogP contribution in [0.15, 0.2) is 33.3 Å². The molecule has 1 N–H and O–H groups in total. The van der Waals surface area contributed by atoms with Crippen molar-refractivity contribution >= 4 is 21.8 Å². The van der Waals surface area contributed by atoms with Gasteiger partial charge in [0, 0.05) is 4.47 Å². The molecule has 1 unspecified atom stereocenters. The highest BCUT2D eigenvalue weighted by atomic mass is 79.9. The molecule has 3 rings (SSSR count). The van der Waals surface area contributed by atoms with E-state index in [2.05, 4.69) is 31.4 Å². The standard InChI is InChI=1S/C15H16BrN3O3/c1-8(2)13(21-10-5-3-9(16)4-6-10)14-18-15(22-19-14)11-7-12(20)17-11/h3-6,8,11,13H,7H2,1-2H3,(H,17,20)/t11-,13?/m1/s1. The third-order valence-corrected chi connectivity index (χ3v) is 3.95. The van der Waals surface area contributed by atoms with Gasteiger partial charge in [-0.05, 0) is 30.2 Å². The van der Waals surface area contributed by atoms with E-state index in [1.807, 2.05) is 38.1 Å². The summed E-state index contributed by atoms with van der Waals surface area (Å²) >= 11 is 3.39. The second kappa shape index (κ2) is 6.08. The number of carbonyl (C=O) groups excluding carboxylic acids is 1. The van der Waals surface area contributed by atoms with Crippen molar-refractivity contribution in [1.29, 1.82) is 0 Å². The topological polar surface area (TPSA) is 77.2 Å². The summed E-state index contributed by atoms with van der Waals surface area (Å²) in [6, 6.07) is 7.42. The maximum atomic E-state index is 11.0. The van der Waals surface area contributed by atoms with Crippen molar-refractivity contribution in [2.75, 3.05) is 0 Å². The Kier molecular flexibility index (Phi) is 4.15. The van der Waals surface area contributed by atoms with Crippen LogP contribution >= 0.6 is 15.9 Å². The molecule has 2 aromatic rings. The molecule has 1 fully saturated rings. The number of carbonyl (C=O) groups is 1. The molecule has 1 aromatic carbocycles. The molecule has 1 amide bonds. The second-order valence-corrected chi connectivity index (χ2v) is 6.47. The summed E-state index contributed by atoms with van der Waals surface area (Å²) in [4.78, 5) is 15.3. The molecule has 0 aliphatic carbocycles. The fourth-order valence-corrected chi connectivity index (χ4v) is 2.42. The van der Waals surface area contributed by atoms with Crippen LogP contribution in [0.25, 0.3) is 0 Å². The number of rotatable bonds is 5. The molecule has 1 aliphatic heterocycles. The molecule has 116 valence electrons. The molecule has 1 aromatic heterocycles. The van der Waals surface area contributed by atoms with Crippen molar-refractivity contribution in [3.05, 3.63) is 40.5 Å². The van der Waals surface area contributed by atoms with E-state index in [1.165, 1.54) is 0 Å². The zero-order valence-corrected chi connectivity index (χ0v) is 13.8. The molecule has 2 heterocycles. The Morgan fingerprint density at radius 1 is 1.36 bits per heavy atom. The van der Waals surface area contributed by atoms with E-state index in [-0.39, 0.29) is 24.0 Å². The Labute approximate surface area is 136 Å². The van der Waals surface area contributed by atoms with Gasteiger partial charge in [0.25, 0.3) is 0 Å². The van der Waals surface area contributed by atoms with Gasteiger partial charge < -0.3 is 14.6 Å². The van der Waals surface area contributed by atoms with Crippen LogP contribution in [-0.2, 0) is 4.79 Å². The highest BCUT2D eigenvalue weighted by Crippen LogP contribution is 2.29. The van der Waals surface area contributed by atoms with Crippen LogP contribution in [0.2, 0.25) is 0 Å². The molecule has 0 spiro atoms. The molecule has 1 aliphatic rings. The number of benzene rings is 1. The molecule has 0 radical (unpaired) electrons. The zero-order chi connectivity index (χ0) is 15.7. The predicted molar refractivity (Wildman–Crippen MR) is 82.1 cm³/mol. The highest BCUT2D eigenvalue weighted by Gasteiger charge is 2.33. The van der Waals surface area contributed by atoms with Gasteiger partial charge in [-0.3, -0.25) is 4.79 Å². The lowest BCUT2D eigenvalue weighted by molar-refractivity contribution is -0.128. The Morgan fingerprint density at radius 2 is 2.05 bits per heavy atom. The first-order valence-electron chi connectivity index (χ1n) is 7.08. The first-order chi connectivity index (χ1) is 10.5. The van der Waals surface area contributed by atoms with Crippen molar-refractivity contribution in [3.8, 4) is 5.75 Å². The monoisotopic (exact) mass is 365 g/mol. The Bertz CT molecular complexity index is 661. The molecule has 0 bridgehead atoms. The maximum absolute atomic E-state index is 11.0. The van der Waals surface area contributed by atoms with Crippen LogP contribution in [0, 0.1) is 5.92 Å². The molecule has 2 atom stereocenters. The van der Waals surface area contributed by atoms with Crippen molar-refractivity contribution < 1.29 is 14.1 Å². The number of β-lactam (4-membered cyclic amide) rings is 1. The third-order valence-electron chi connectivity index (χ3n) is 3.42. The number of amides is 1. The summed E-state index contributed by atoms with van der Waals surface area (Å²) in [5, 5.41) is 6.72. The largest absolute Gasteiger partial charge is 0.482 e. The number of hydrogen-bond donors (Lipinski definition) is 1. The van der Waals surface area contributed by atoms with E-state index in [4.69, 9.17) is 9.26 Å². The lowest BCUT2D eigenvalue weighted by Crippen LogP contribution is -2.41.